The molecule has 0 heterocycles. The number of halogens is 2. The number of hydrogen-bond acceptors (Lipinski definition) is 4. The molecule has 0 saturated heterocycles. The van der Waals surface area contributed by atoms with E-state index in [9.17, 15) is 18.7 Å². The summed E-state index contributed by atoms with van der Waals surface area (Å²) >= 11 is 0. The summed E-state index contributed by atoms with van der Waals surface area (Å²) in [6, 6.07) is 3.96. The van der Waals surface area contributed by atoms with Crippen LogP contribution in [-0.2, 0) is 0 Å². The Morgan fingerprint density at radius 2 is 1.95 bits per heavy atom. The normalized spacial score (nSPS) is 12.9. The number of rotatable bonds is 6. The van der Waals surface area contributed by atoms with E-state index < -0.39 is 18.6 Å². The van der Waals surface area contributed by atoms with Crippen LogP contribution in [0.15, 0.2) is 18.2 Å². The minimum atomic E-state index is -3.02. The third-order valence-electron chi connectivity index (χ3n) is 3.10. The Labute approximate surface area is 128 Å². The van der Waals surface area contributed by atoms with E-state index in [1.165, 1.54) is 25.3 Å². The number of nitrogens with one attached hydrogen (secondary N) is 1. The molecule has 1 rings (SSSR count). The van der Waals surface area contributed by atoms with Crippen LogP contribution in [0.2, 0.25) is 0 Å². The fourth-order valence-electron chi connectivity index (χ4n) is 1.60. The van der Waals surface area contributed by atoms with Gasteiger partial charge in [0.2, 0.25) is 0 Å². The molecular formula is C15H21F2NO4. The lowest BCUT2D eigenvalue weighted by molar-refractivity contribution is -0.0512. The van der Waals surface area contributed by atoms with E-state index in [4.69, 9.17) is 4.74 Å². The van der Waals surface area contributed by atoms with Gasteiger partial charge in [-0.05, 0) is 23.6 Å². The molecule has 1 atom stereocenters. The van der Waals surface area contributed by atoms with Crippen molar-refractivity contribution >= 4 is 5.91 Å². The van der Waals surface area contributed by atoms with Gasteiger partial charge in [-0.3, -0.25) is 4.79 Å². The monoisotopic (exact) mass is 317 g/mol. The molecule has 1 aromatic rings. The lowest BCUT2D eigenvalue weighted by Crippen LogP contribution is -2.39. The van der Waals surface area contributed by atoms with Gasteiger partial charge in [0.25, 0.3) is 5.91 Å². The van der Waals surface area contributed by atoms with Crippen LogP contribution in [0.4, 0.5) is 8.78 Å². The Morgan fingerprint density at radius 3 is 2.45 bits per heavy atom. The average molecular weight is 317 g/mol. The number of alkyl halides is 2. The molecule has 0 bridgehead atoms. The number of amides is 1. The Morgan fingerprint density at radius 1 is 1.32 bits per heavy atom. The zero-order valence-electron chi connectivity index (χ0n) is 13.0. The number of carbonyl (C=O) groups excluding carboxylic acids is 1. The van der Waals surface area contributed by atoms with Gasteiger partial charge < -0.3 is 19.9 Å². The van der Waals surface area contributed by atoms with E-state index >= 15 is 0 Å². The first-order valence-electron chi connectivity index (χ1n) is 6.74. The lowest BCUT2D eigenvalue weighted by atomic mass is 9.89. The number of ether oxygens (including phenoxy) is 2. The SMILES string of the molecule is COc1ccc(C(=O)NCC(O)C(C)(C)C)cc1OC(F)F. The fraction of sp³-hybridized carbons (Fsp3) is 0.533. The third-order valence-corrected chi connectivity index (χ3v) is 3.10. The third kappa shape index (κ3) is 5.14. The maximum atomic E-state index is 12.3. The quantitative estimate of drug-likeness (QED) is 0.845. The molecule has 0 aliphatic rings. The maximum absolute atomic E-state index is 12.3. The van der Waals surface area contributed by atoms with E-state index in [-0.39, 0.29) is 29.0 Å². The Balaban J connectivity index is 2.81. The van der Waals surface area contributed by atoms with Crippen molar-refractivity contribution in [2.24, 2.45) is 5.41 Å². The predicted octanol–water partition coefficient (Wildman–Crippen LogP) is 2.43. The van der Waals surface area contributed by atoms with Gasteiger partial charge >= 0.3 is 6.61 Å². The molecule has 1 aromatic carbocycles. The second-order valence-electron chi connectivity index (χ2n) is 5.84. The maximum Gasteiger partial charge on any atom is 0.387 e. The molecule has 22 heavy (non-hydrogen) atoms. The summed E-state index contributed by atoms with van der Waals surface area (Å²) in [5, 5.41) is 12.4. The molecule has 2 N–H and O–H groups in total. The van der Waals surface area contributed by atoms with Gasteiger partial charge in [0, 0.05) is 12.1 Å². The van der Waals surface area contributed by atoms with E-state index in [0.717, 1.165) is 0 Å². The molecule has 0 saturated carbocycles. The molecule has 7 heteroatoms. The van der Waals surface area contributed by atoms with Gasteiger partial charge in [-0.2, -0.15) is 8.78 Å². The van der Waals surface area contributed by atoms with Crippen molar-refractivity contribution in [1.29, 1.82) is 0 Å². The molecule has 5 nitrogen and oxygen atoms in total. The van der Waals surface area contributed by atoms with Crippen molar-refractivity contribution in [2.75, 3.05) is 13.7 Å². The van der Waals surface area contributed by atoms with Crippen LogP contribution >= 0.6 is 0 Å². The minimum Gasteiger partial charge on any atom is -0.493 e. The summed E-state index contributed by atoms with van der Waals surface area (Å²) in [6.45, 7) is 2.55. The number of carbonyl (C=O) groups is 1. The Bertz CT molecular complexity index is 515. The lowest BCUT2D eigenvalue weighted by Gasteiger charge is -2.25. The smallest absolute Gasteiger partial charge is 0.387 e. The highest BCUT2D eigenvalue weighted by Crippen LogP contribution is 2.29. The largest absolute Gasteiger partial charge is 0.493 e. The van der Waals surface area contributed by atoms with Crippen molar-refractivity contribution in [3.8, 4) is 11.5 Å². The molecule has 0 fully saturated rings. The molecule has 0 aliphatic heterocycles. The van der Waals surface area contributed by atoms with Crippen LogP contribution in [0.1, 0.15) is 31.1 Å². The van der Waals surface area contributed by atoms with Crippen LogP contribution in [0, 0.1) is 5.41 Å². The Hall–Kier alpha value is -1.89. The topological polar surface area (TPSA) is 67.8 Å². The second kappa shape index (κ2) is 7.40. The van der Waals surface area contributed by atoms with E-state index in [2.05, 4.69) is 10.1 Å². The van der Waals surface area contributed by atoms with Gasteiger partial charge in [-0.15, -0.1) is 0 Å². The van der Waals surface area contributed by atoms with Crippen molar-refractivity contribution in [3.63, 3.8) is 0 Å². The van der Waals surface area contributed by atoms with Crippen LogP contribution in [-0.4, -0.2) is 37.4 Å². The molecule has 1 unspecified atom stereocenters. The molecular weight excluding hydrogens is 296 g/mol. The highest BCUT2D eigenvalue weighted by atomic mass is 19.3. The highest BCUT2D eigenvalue weighted by Gasteiger charge is 2.23. The average Bonchev–Trinajstić information content (AvgIpc) is 2.42. The van der Waals surface area contributed by atoms with Crippen molar-refractivity contribution in [1.82, 2.24) is 5.32 Å². The van der Waals surface area contributed by atoms with E-state index in [0.29, 0.717) is 0 Å². The van der Waals surface area contributed by atoms with E-state index in [1.807, 2.05) is 20.8 Å². The highest BCUT2D eigenvalue weighted by molar-refractivity contribution is 5.94. The summed E-state index contributed by atoms with van der Waals surface area (Å²) in [5.74, 6) is -0.613. The van der Waals surface area contributed by atoms with Crippen LogP contribution in [0.25, 0.3) is 0 Å². The number of aliphatic hydroxyl groups excluding tert-OH is 1. The van der Waals surface area contributed by atoms with Crippen molar-refractivity contribution < 1.29 is 28.2 Å². The molecule has 0 aliphatic carbocycles. The Kier molecular flexibility index (Phi) is 6.11. The summed E-state index contributed by atoms with van der Waals surface area (Å²) in [6.07, 6.45) is -0.730. The van der Waals surface area contributed by atoms with E-state index in [1.54, 1.807) is 0 Å². The van der Waals surface area contributed by atoms with Crippen molar-refractivity contribution in [2.45, 2.75) is 33.5 Å². The molecule has 1 amide bonds. The summed E-state index contributed by atoms with van der Waals surface area (Å²) < 4.78 is 33.9. The summed E-state index contributed by atoms with van der Waals surface area (Å²) in [4.78, 5) is 12.0. The fourth-order valence-corrected chi connectivity index (χ4v) is 1.60. The molecule has 124 valence electrons. The zero-order valence-corrected chi connectivity index (χ0v) is 13.0. The summed E-state index contributed by atoms with van der Waals surface area (Å²) in [5.41, 5.74) is -0.241. The number of methoxy groups -OCH3 is 1. The second-order valence-corrected chi connectivity index (χ2v) is 5.84. The van der Waals surface area contributed by atoms with Gasteiger partial charge in [0.1, 0.15) is 0 Å². The minimum absolute atomic E-state index is 0.0550. The van der Waals surface area contributed by atoms with Crippen LogP contribution in [0.5, 0.6) is 11.5 Å². The standard InChI is InChI=1S/C15H21F2NO4/c1-15(2,3)12(19)8-18-13(20)9-5-6-10(21-4)11(7-9)22-14(16)17/h5-7,12,14,19H,8H2,1-4H3,(H,18,20). The number of benzene rings is 1. The molecule has 0 spiro atoms. The predicted molar refractivity (Wildman–Crippen MR) is 77.4 cm³/mol. The van der Waals surface area contributed by atoms with Gasteiger partial charge in [0.15, 0.2) is 11.5 Å². The van der Waals surface area contributed by atoms with Crippen molar-refractivity contribution in [3.05, 3.63) is 23.8 Å². The molecule has 0 aromatic heterocycles. The number of hydrogen-bond donors (Lipinski definition) is 2. The van der Waals surface area contributed by atoms with Gasteiger partial charge in [-0.25, -0.2) is 0 Å². The van der Waals surface area contributed by atoms with Crippen LogP contribution in [0.3, 0.4) is 0 Å². The zero-order chi connectivity index (χ0) is 16.9. The summed E-state index contributed by atoms with van der Waals surface area (Å²) in [7, 11) is 1.31. The first-order valence-corrected chi connectivity index (χ1v) is 6.74. The first kappa shape index (κ1) is 18.2. The van der Waals surface area contributed by atoms with Gasteiger partial charge in [-0.1, -0.05) is 20.8 Å². The molecule has 0 radical (unpaired) electrons. The number of aliphatic hydroxyl groups is 1. The van der Waals surface area contributed by atoms with Gasteiger partial charge in [0.05, 0.1) is 13.2 Å². The first-order chi connectivity index (χ1) is 10.1. The van der Waals surface area contributed by atoms with Crippen LogP contribution < -0.4 is 14.8 Å².